The van der Waals surface area contributed by atoms with Crippen LogP contribution in [0.2, 0.25) is 18.1 Å². The maximum absolute atomic E-state index is 6.65. The molecule has 0 unspecified atom stereocenters. The molecule has 0 aliphatic carbocycles. The first-order valence-electron chi connectivity index (χ1n) is 14.3. The molecule has 41 heavy (non-hydrogen) atoms. The van der Waals surface area contributed by atoms with Gasteiger partial charge in [0.1, 0.15) is 17.4 Å². The minimum Gasteiger partial charge on any atom is -0.491 e. The Balaban J connectivity index is 1.31. The Bertz CT molecular complexity index is 1510. The van der Waals surface area contributed by atoms with E-state index in [0.717, 1.165) is 51.8 Å². The Morgan fingerprint density at radius 2 is 1.83 bits per heavy atom. The number of anilines is 2. The van der Waals surface area contributed by atoms with Crippen LogP contribution in [0.4, 0.5) is 11.6 Å². The standard InChI is InChI=1S/C31H42N6O3Si/c1-20-11-27(24-9-10-37-25(14-24)15-30(36-37)35-29-12-21(2)33-22(3)34-29)28(16-32-20)39-18-23-13-26(19-38-17-23)40-41(7,8)31(4,5)6/h9-12,14-16,23,26H,13,17-19H2,1-8H3,(H,33,34,35,36)/t23-,26+/m0/s1. The zero-order valence-electron chi connectivity index (χ0n) is 25.5. The lowest BCUT2D eigenvalue weighted by atomic mass is 10.0. The quantitative estimate of drug-likeness (QED) is 0.233. The summed E-state index contributed by atoms with van der Waals surface area (Å²) in [5.41, 5.74) is 4.84. The summed E-state index contributed by atoms with van der Waals surface area (Å²) < 4.78 is 20.9. The summed E-state index contributed by atoms with van der Waals surface area (Å²) in [7, 11) is -1.87. The molecule has 1 N–H and O–H groups in total. The summed E-state index contributed by atoms with van der Waals surface area (Å²) in [6.45, 7) is 19.1. The number of nitrogens with zero attached hydrogens (tertiary/aromatic N) is 5. The minimum atomic E-state index is -1.87. The summed E-state index contributed by atoms with van der Waals surface area (Å²) >= 11 is 0. The summed E-state index contributed by atoms with van der Waals surface area (Å²) in [6.07, 6.45) is 4.83. The predicted octanol–water partition coefficient (Wildman–Crippen LogP) is 6.66. The van der Waals surface area contributed by atoms with Crippen molar-refractivity contribution in [1.29, 1.82) is 0 Å². The second kappa shape index (κ2) is 11.5. The molecule has 5 heterocycles. The molecule has 2 atom stereocenters. The first kappa shape index (κ1) is 29.2. The van der Waals surface area contributed by atoms with E-state index in [0.29, 0.717) is 25.6 Å². The second-order valence-electron chi connectivity index (χ2n) is 12.7. The number of aromatic nitrogens is 5. The van der Waals surface area contributed by atoms with Gasteiger partial charge in [-0.3, -0.25) is 4.98 Å². The van der Waals surface area contributed by atoms with Crippen molar-refractivity contribution in [3.8, 4) is 16.9 Å². The lowest BCUT2D eigenvalue weighted by Crippen LogP contribution is -2.47. The normalized spacial score (nSPS) is 18.0. The highest BCUT2D eigenvalue weighted by atomic mass is 28.4. The minimum absolute atomic E-state index is 0.108. The molecule has 0 amide bonds. The van der Waals surface area contributed by atoms with Gasteiger partial charge in [0.2, 0.25) is 0 Å². The molecular formula is C31H42N6O3Si. The molecule has 0 saturated carbocycles. The number of ether oxygens (including phenoxy) is 2. The molecule has 10 heteroatoms. The molecule has 0 spiro atoms. The maximum Gasteiger partial charge on any atom is 0.192 e. The van der Waals surface area contributed by atoms with Gasteiger partial charge in [-0.15, -0.1) is 0 Å². The van der Waals surface area contributed by atoms with Crippen molar-refractivity contribution in [2.24, 2.45) is 5.92 Å². The summed E-state index contributed by atoms with van der Waals surface area (Å²) in [4.78, 5) is 13.3. The van der Waals surface area contributed by atoms with Crippen LogP contribution in [0.25, 0.3) is 16.6 Å². The van der Waals surface area contributed by atoms with Crippen molar-refractivity contribution in [1.82, 2.24) is 24.6 Å². The van der Waals surface area contributed by atoms with Crippen LogP contribution in [-0.2, 0) is 9.16 Å². The SMILES string of the molecule is Cc1cc(-c2ccn3nc(Nc4cc(C)nc(C)n4)cc3c2)c(OC[C@@H]2COC[C@H](O[Si](C)(C)C(C)(C)C)C2)cn1. The van der Waals surface area contributed by atoms with E-state index in [4.69, 9.17) is 13.9 Å². The van der Waals surface area contributed by atoms with Crippen molar-refractivity contribution in [3.63, 3.8) is 0 Å². The van der Waals surface area contributed by atoms with Gasteiger partial charge in [-0.2, -0.15) is 5.10 Å². The predicted molar refractivity (Wildman–Crippen MR) is 164 cm³/mol. The van der Waals surface area contributed by atoms with E-state index in [-0.39, 0.29) is 17.1 Å². The van der Waals surface area contributed by atoms with Gasteiger partial charge in [0.05, 0.1) is 37.6 Å². The first-order valence-corrected chi connectivity index (χ1v) is 17.2. The number of nitrogens with one attached hydrogen (secondary N) is 1. The molecule has 0 aromatic carbocycles. The van der Waals surface area contributed by atoms with E-state index >= 15 is 0 Å². The molecule has 1 aliphatic heterocycles. The van der Waals surface area contributed by atoms with Crippen LogP contribution in [0.3, 0.4) is 0 Å². The molecule has 4 aromatic heterocycles. The third-order valence-electron chi connectivity index (χ3n) is 8.00. The molecule has 1 saturated heterocycles. The fraction of sp³-hybridized carbons (Fsp3) is 0.484. The number of rotatable bonds is 8. The monoisotopic (exact) mass is 574 g/mol. The van der Waals surface area contributed by atoms with Crippen molar-refractivity contribution in [2.45, 2.75) is 72.2 Å². The van der Waals surface area contributed by atoms with Crippen LogP contribution < -0.4 is 10.1 Å². The molecule has 5 rings (SSSR count). The highest BCUT2D eigenvalue weighted by Crippen LogP contribution is 2.39. The number of hydrogen-bond acceptors (Lipinski definition) is 8. The van der Waals surface area contributed by atoms with Crippen molar-refractivity contribution < 1.29 is 13.9 Å². The maximum atomic E-state index is 6.65. The zero-order valence-corrected chi connectivity index (χ0v) is 26.5. The second-order valence-corrected chi connectivity index (χ2v) is 17.4. The lowest BCUT2D eigenvalue weighted by Gasteiger charge is -2.41. The van der Waals surface area contributed by atoms with Crippen molar-refractivity contribution >= 4 is 25.5 Å². The molecular weight excluding hydrogens is 532 g/mol. The lowest BCUT2D eigenvalue weighted by molar-refractivity contribution is -0.0402. The number of pyridine rings is 2. The number of aryl methyl sites for hydroxylation is 3. The largest absolute Gasteiger partial charge is 0.491 e. The van der Waals surface area contributed by atoms with Crippen LogP contribution in [-0.4, -0.2) is 58.8 Å². The fourth-order valence-electron chi connectivity index (χ4n) is 4.90. The van der Waals surface area contributed by atoms with E-state index < -0.39 is 8.32 Å². The first-order chi connectivity index (χ1) is 19.4. The molecule has 0 radical (unpaired) electrons. The van der Waals surface area contributed by atoms with E-state index in [1.54, 1.807) is 0 Å². The highest BCUT2D eigenvalue weighted by molar-refractivity contribution is 6.74. The van der Waals surface area contributed by atoms with E-state index in [9.17, 15) is 0 Å². The Morgan fingerprint density at radius 3 is 2.59 bits per heavy atom. The third-order valence-corrected chi connectivity index (χ3v) is 12.5. The van der Waals surface area contributed by atoms with E-state index in [1.165, 1.54) is 0 Å². The third kappa shape index (κ3) is 6.94. The van der Waals surface area contributed by atoms with Crippen LogP contribution in [0.15, 0.2) is 42.7 Å². The molecule has 0 bridgehead atoms. The number of fused-ring (bicyclic) bond motifs is 1. The topological polar surface area (TPSA) is 95.7 Å². The van der Waals surface area contributed by atoms with Gasteiger partial charge in [0, 0.05) is 41.2 Å². The molecule has 1 fully saturated rings. The Labute approximate surface area is 243 Å². The van der Waals surface area contributed by atoms with Gasteiger partial charge < -0.3 is 19.2 Å². The molecule has 9 nitrogen and oxygen atoms in total. The average molecular weight is 575 g/mol. The van der Waals surface area contributed by atoms with Crippen LogP contribution in [0.1, 0.15) is 44.4 Å². The van der Waals surface area contributed by atoms with Gasteiger partial charge >= 0.3 is 0 Å². The average Bonchev–Trinajstić information content (AvgIpc) is 3.28. The van der Waals surface area contributed by atoms with Gasteiger partial charge in [-0.25, -0.2) is 14.5 Å². The van der Waals surface area contributed by atoms with Crippen LogP contribution in [0.5, 0.6) is 5.75 Å². The van der Waals surface area contributed by atoms with Gasteiger partial charge in [0.25, 0.3) is 0 Å². The van der Waals surface area contributed by atoms with Crippen molar-refractivity contribution in [3.05, 3.63) is 59.9 Å². The van der Waals surface area contributed by atoms with E-state index in [2.05, 4.69) is 77.4 Å². The van der Waals surface area contributed by atoms with Crippen LogP contribution in [0, 0.1) is 26.7 Å². The van der Waals surface area contributed by atoms with Gasteiger partial charge in [-0.05, 0) is 69.1 Å². The highest BCUT2D eigenvalue weighted by Gasteiger charge is 2.40. The Morgan fingerprint density at radius 1 is 1.02 bits per heavy atom. The van der Waals surface area contributed by atoms with E-state index in [1.807, 2.05) is 49.8 Å². The molecule has 1 aliphatic rings. The Hall–Kier alpha value is -3.34. The summed E-state index contributed by atoms with van der Waals surface area (Å²) in [5, 5.41) is 8.13. The summed E-state index contributed by atoms with van der Waals surface area (Å²) in [6, 6.07) is 10.2. The van der Waals surface area contributed by atoms with Gasteiger partial charge in [-0.1, -0.05) is 20.8 Å². The zero-order chi connectivity index (χ0) is 29.4. The fourth-order valence-corrected chi connectivity index (χ4v) is 6.25. The molecule has 4 aromatic rings. The Kier molecular flexibility index (Phi) is 8.18. The number of hydrogen-bond donors (Lipinski definition) is 1. The van der Waals surface area contributed by atoms with Crippen LogP contribution >= 0.6 is 0 Å². The van der Waals surface area contributed by atoms with Crippen molar-refractivity contribution in [2.75, 3.05) is 25.1 Å². The van der Waals surface area contributed by atoms with Gasteiger partial charge in [0.15, 0.2) is 14.1 Å². The smallest absolute Gasteiger partial charge is 0.192 e. The summed E-state index contributed by atoms with van der Waals surface area (Å²) in [5.74, 6) is 3.18. The molecule has 218 valence electrons.